The average Bonchev–Trinajstić information content (AvgIpc) is 3.55. The number of rotatable bonds is 5. The van der Waals surface area contributed by atoms with Crippen molar-refractivity contribution < 1.29 is 4.74 Å². The number of nitrogens with one attached hydrogen (secondary N) is 2. The number of aromatic nitrogens is 3. The molecule has 31 heavy (non-hydrogen) atoms. The van der Waals surface area contributed by atoms with Crippen molar-refractivity contribution in [2.24, 2.45) is 9.98 Å². The Kier molecular flexibility index (Phi) is 7.14. The van der Waals surface area contributed by atoms with E-state index in [0.29, 0.717) is 5.75 Å². The van der Waals surface area contributed by atoms with Gasteiger partial charge in [-0.05, 0) is 24.3 Å². The van der Waals surface area contributed by atoms with Gasteiger partial charge in [0.15, 0.2) is 0 Å². The topological polar surface area (TPSA) is 88.7 Å². The molecule has 10 heteroatoms. The van der Waals surface area contributed by atoms with Gasteiger partial charge < -0.3 is 15.4 Å². The summed E-state index contributed by atoms with van der Waals surface area (Å²) in [6, 6.07) is 14.1. The molecule has 2 aromatic carbocycles. The first-order valence-electron chi connectivity index (χ1n) is 9.60. The summed E-state index contributed by atoms with van der Waals surface area (Å²) in [5.74, 6) is 2.54. The smallest absolute Gasteiger partial charge is 0.145 e. The lowest BCUT2D eigenvalue weighted by Crippen LogP contribution is -2.19. The summed E-state index contributed by atoms with van der Waals surface area (Å²) in [4.78, 5) is 8.96. The molecule has 0 aliphatic carbocycles. The molecule has 0 bridgehead atoms. The van der Waals surface area contributed by atoms with E-state index in [9.17, 15) is 0 Å². The van der Waals surface area contributed by atoms with Crippen molar-refractivity contribution in [1.82, 2.24) is 25.6 Å². The van der Waals surface area contributed by atoms with Crippen LogP contribution in [-0.4, -0.2) is 60.0 Å². The van der Waals surface area contributed by atoms with Crippen molar-refractivity contribution in [2.45, 2.75) is 0 Å². The van der Waals surface area contributed by atoms with Crippen molar-refractivity contribution in [2.75, 3.05) is 33.3 Å². The van der Waals surface area contributed by atoms with Crippen LogP contribution in [0.4, 0.5) is 0 Å². The Morgan fingerprint density at radius 1 is 0.871 bits per heavy atom. The van der Waals surface area contributed by atoms with E-state index in [0.717, 1.165) is 65.9 Å². The second-order valence-corrected chi connectivity index (χ2v) is 6.83. The zero-order chi connectivity index (χ0) is 19.6. The van der Waals surface area contributed by atoms with Gasteiger partial charge in [-0.2, -0.15) is 0 Å². The fourth-order valence-electron chi connectivity index (χ4n) is 3.54. The summed E-state index contributed by atoms with van der Waals surface area (Å²) in [5, 5.41) is 15.3. The van der Waals surface area contributed by atoms with Crippen molar-refractivity contribution in [3.63, 3.8) is 0 Å². The summed E-state index contributed by atoms with van der Waals surface area (Å²) in [6.45, 7) is 3.36. The molecule has 2 aliphatic rings. The zero-order valence-corrected chi connectivity index (χ0v) is 18.5. The van der Waals surface area contributed by atoms with Crippen LogP contribution < -0.4 is 15.4 Å². The van der Waals surface area contributed by atoms with Crippen LogP contribution in [0.2, 0.25) is 0 Å². The van der Waals surface area contributed by atoms with E-state index in [1.807, 2.05) is 42.6 Å². The van der Waals surface area contributed by atoms with Gasteiger partial charge in [-0.3, -0.25) is 9.98 Å². The number of halogens is 2. The van der Waals surface area contributed by atoms with Crippen LogP contribution in [0.3, 0.4) is 0 Å². The first-order valence-corrected chi connectivity index (χ1v) is 9.60. The fraction of sp³-hybridized carbons (Fsp3) is 0.238. The number of hydrogen-bond acceptors (Lipinski definition) is 7. The second kappa shape index (κ2) is 9.80. The Morgan fingerprint density at radius 2 is 1.55 bits per heavy atom. The molecule has 3 aromatic rings. The fourth-order valence-corrected chi connectivity index (χ4v) is 3.54. The minimum Gasteiger partial charge on any atom is -0.494 e. The molecule has 0 radical (unpaired) electrons. The lowest BCUT2D eigenvalue weighted by molar-refractivity contribution is 0.411. The van der Waals surface area contributed by atoms with Crippen LogP contribution in [0.1, 0.15) is 11.1 Å². The molecule has 0 saturated heterocycles. The molecule has 2 N–H and O–H groups in total. The SMILES string of the molecule is COc1cc(C2=NCCN2)ccc1-n1cc(-c2cccc(C3=NCCN3)c2)nn1.Cl.Cl. The molecule has 0 spiro atoms. The first-order chi connectivity index (χ1) is 14.3. The minimum atomic E-state index is 0. The predicted molar refractivity (Wildman–Crippen MR) is 127 cm³/mol. The van der Waals surface area contributed by atoms with E-state index in [-0.39, 0.29) is 24.8 Å². The van der Waals surface area contributed by atoms with E-state index in [2.05, 4.69) is 37.0 Å². The maximum atomic E-state index is 5.61. The molecule has 0 unspecified atom stereocenters. The second-order valence-electron chi connectivity index (χ2n) is 6.83. The Balaban J connectivity index is 0.00000136. The third-order valence-electron chi connectivity index (χ3n) is 4.97. The molecule has 1 aromatic heterocycles. The molecule has 0 amide bonds. The summed E-state index contributed by atoms with van der Waals surface area (Å²) >= 11 is 0. The van der Waals surface area contributed by atoms with E-state index in [1.165, 1.54) is 0 Å². The van der Waals surface area contributed by atoms with Crippen LogP contribution in [0.25, 0.3) is 16.9 Å². The Labute approximate surface area is 192 Å². The molecule has 2 aliphatic heterocycles. The van der Waals surface area contributed by atoms with Crippen LogP contribution in [-0.2, 0) is 0 Å². The van der Waals surface area contributed by atoms with Crippen molar-refractivity contribution in [1.29, 1.82) is 0 Å². The van der Waals surface area contributed by atoms with Gasteiger partial charge in [0.05, 0.1) is 26.4 Å². The van der Waals surface area contributed by atoms with Crippen molar-refractivity contribution in [3.05, 3.63) is 59.8 Å². The number of benzene rings is 2. The van der Waals surface area contributed by atoms with Crippen LogP contribution in [0.5, 0.6) is 5.75 Å². The number of ether oxygens (including phenoxy) is 1. The van der Waals surface area contributed by atoms with Gasteiger partial charge in [-0.1, -0.05) is 23.4 Å². The predicted octanol–water partition coefficient (Wildman–Crippen LogP) is 2.49. The van der Waals surface area contributed by atoms with Crippen LogP contribution in [0.15, 0.2) is 58.6 Å². The van der Waals surface area contributed by atoms with Gasteiger partial charge in [0.25, 0.3) is 0 Å². The lowest BCUT2D eigenvalue weighted by Gasteiger charge is -2.10. The number of hydrogen-bond donors (Lipinski definition) is 2. The maximum absolute atomic E-state index is 5.61. The highest BCUT2D eigenvalue weighted by molar-refractivity contribution is 6.01. The molecule has 3 heterocycles. The molecule has 5 rings (SSSR count). The van der Waals surface area contributed by atoms with Gasteiger partial charge in [-0.25, -0.2) is 4.68 Å². The highest BCUT2D eigenvalue weighted by atomic mass is 35.5. The van der Waals surface area contributed by atoms with Crippen molar-refractivity contribution >= 4 is 36.5 Å². The van der Waals surface area contributed by atoms with E-state index in [4.69, 9.17) is 4.74 Å². The van der Waals surface area contributed by atoms with Gasteiger partial charge in [-0.15, -0.1) is 29.9 Å². The van der Waals surface area contributed by atoms with Gasteiger partial charge >= 0.3 is 0 Å². The molecular weight excluding hydrogens is 437 g/mol. The third kappa shape index (κ3) is 4.50. The molecule has 0 fully saturated rings. The molecular formula is C21H23Cl2N7O. The normalized spacial score (nSPS) is 14.5. The highest BCUT2D eigenvalue weighted by Crippen LogP contribution is 2.26. The Morgan fingerprint density at radius 3 is 2.19 bits per heavy atom. The molecule has 162 valence electrons. The van der Waals surface area contributed by atoms with E-state index >= 15 is 0 Å². The molecule has 0 atom stereocenters. The molecule has 8 nitrogen and oxygen atoms in total. The molecule has 0 saturated carbocycles. The summed E-state index contributed by atoms with van der Waals surface area (Å²) in [6.07, 6.45) is 1.91. The third-order valence-corrected chi connectivity index (χ3v) is 4.97. The monoisotopic (exact) mass is 459 g/mol. The maximum Gasteiger partial charge on any atom is 0.145 e. The van der Waals surface area contributed by atoms with E-state index in [1.54, 1.807) is 11.8 Å². The largest absolute Gasteiger partial charge is 0.494 e. The van der Waals surface area contributed by atoms with Gasteiger partial charge in [0.2, 0.25) is 0 Å². The van der Waals surface area contributed by atoms with Gasteiger partial charge in [0.1, 0.15) is 28.8 Å². The number of nitrogens with zero attached hydrogens (tertiary/aromatic N) is 5. The standard InChI is InChI=1S/C21H21N7O.2ClH/c1-29-19-12-16(21-24-9-10-25-21)5-6-18(19)28-13-17(26-27-28)14-3-2-4-15(11-14)20-22-7-8-23-20;;/h2-6,11-13H,7-10H2,1H3,(H,22,23)(H,24,25);2*1H. The summed E-state index contributed by atoms with van der Waals surface area (Å²) in [7, 11) is 1.66. The van der Waals surface area contributed by atoms with Crippen LogP contribution >= 0.6 is 24.8 Å². The average molecular weight is 460 g/mol. The number of methoxy groups -OCH3 is 1. The van der Waals surface area contributed by atoms with Gasteiger partial charge in [0, 0.05) is 29.8 Å². The summed E-state index contributed by atoms with van der Waals surface area (Å²) < 4.78 is 7.34. The number of amidine groups is 2. The zero-order valence-electron chi connectivity index (χ0n) is 16.9. The van der Waals surface area contributed by atoms with E-state index < -0.39 is 0 Å². The Bertz CT molecular complexity index is 1130. The number of aliphatic imine (C=N–C) groups is 2. The first kappa shape index (κ1) is 22.6. The Hall–Kier alpha value is -3.10. The summed E-state index contributed by atoms with van der Waals surface area (Å²) in [5.41, 5.74) is 4.66. The van der Waals surface area contributed by atoms with Crippen molar-refractivity contribution in [3.8, 4) is 22.7 Å². The van der Waals surface area contributed by atoms with Crippen LogP contribution in [0, 0.1) is 0 Å². The quantitative estimate of drug-likeness (QED) is 0.611. The highest BCUT2D eigenvalue weighted by Gasteiger charge is 2.15. The minimum absolute atomic E-state index is 0. The lowest BCUT2D eigenvalue weighted by atomic mass is 10.1.